The minimum atomic E-state index is -5.32. The van der Waals surface area contributed by atoms with Crippen molar-refractivity contribution in [2.75, 3.05) is 19.7 Å². The topological polar surface area (TPSA) is 55.8 Å². The number of ether oxygens (including phenoxy) is 2. The first-order chi connectivity index (χ1) is 7.99. The minimum absolute atomic E-state index is 0.0663. The van der Waals surface area contributed by atoms with Gasteiger partial charge < -0.3 is 9.47 Å². The molecule has 1 atom stereocenters. The number of nitrogens with zero attached hydrogens (tertiary/aromatic N) is 1. The minimum Gasteiger partial charge on any atom is -0.348 e. The molecular formula is C9H16F3NO4S. The van der Waals surface area contributed by atoms with Gasteiger partial charge in [-0.2, -0.15) is 17.5 Å². The normalized spacial score (nSPS) is 24.7. The highest BCUT2D eigenvalue weighted by molar-refractivity contribution is 7.90. The highest BCUT2D eigenvalue weighted by Gasteiger charge is 2.50. The van der Waals surface area contributed by atoms with Gasteiger partial charge in [0, 0.05) is 13.1 Å². The van der Waals surface area contributed by atoms with Gasteiger partial charge in [0.25, 0.3) is 0 Å². The lowest BCUT2D eigenvalue weighted by molar-refractivity contribution is -0.139. The molecule has 1 fully saturated rings. The first-order valence-electron chi connectivity index (χ1n) is 5.38. The lowest BCUT2D eigenvalue weighted by atomic mass is 10.3. The van der Waals surface area contributed by atoms with Crippen molar-refractivity contribution in [1.82, 2.24) is 4.31 Å². The van der Waals surface area contributed by atoms with Gasteiger partial charge in [0.15, 0.2) is 5.79 Å². The Morgan fingerprint density at radius 3 is 2.28 bits per heavy atom. The van der Waals surface area contributed by atoms with Gasteiger partial charge in [-0.1, -0.05) is 6.92 Å². The summed E-state index contributed by atoms with van der Waals surface area (Å²) >= 11 is 0. The van der Waals surface area contributed by atoms with Crippen molar-refractivity contribution in [2.45, 2.75) is 38.2 Å². The van der Waals surface area contributed by atoms with Gasteiger partial charge in [-0.15, -0.1) is 0 Å². The second-order valence-corrected chi connectivity index (χ2v) is 6.28. The van der Waals surface area contributed by atoms with Crippen molar-refractivity contribution in [3.05, 3.63) is 0 Å². The fraction of sp³-hybridized carbons (Fsp3) is 1.00. The van der Waals surface area contributed by atoms with Crippen LogP contribution in [0.25, 0.3) is 0 Å². The molecule has 0 aromatic carbocycles. The van der Waals surface area contributed by atoms with Crippen molar-refractivity contribution in [3.63, 3.8) is 0 Å². The molecule has 1 rings (SSSR count). The molecular weight excluding hydrogens is 275 g/mol. The van der Waals surface area contributed by atoms with Crippen molar-refractivity contribution in [1.29, 1.82) is 0 Å². The first kappa shape index (κ1) is 15.7. The molecule has 0 amide bonds. The predicted octanol–water partition coefficient (Wildman–Crippen LogP) is 1.31. The molecule has 9 heteroatoms. The molecule has 1 aliphatic rings. The zero-order valence-electron chi connectivity index (χ0n) is 10.3. The highest BCUT2D eigenvalue weighted by Crippen LogP contribution is 2.29. The SMILES string of the molecule is CCN(C[C@H]1COC(C)(C)O1)S(=O)(=O)C(F)(F)F. The van der Waals surface area contributed by atoms with Gasteiger partial charge in [-0.05, 0) is 13.8 Å². The van der Waals surface area contributed by atoms with Crippen LogP contribution in [-0.2, 0) is 19.5 Å². The van der Waals surface area contributed by atoms with Crippen LogP contribution in [0.3, 0.4) is 0 Å². The third-order valence-electron chi connectivity index (χ3n) is 2.46. The van der Waals surface area contributed by atoms with Crippen LogP contribution in [0.5, 0.6) is 0 Å². The highest BCUT2D eigenvalue weighted by atomic mass is 32.2. The molecule has 0 spiro atoms. The van der Waals surface area contributed by atoms with E-state index in [2.05, 4.69) is 0 Å². The number of alkyl halides is 3. The summed E-state index contributed by atoms with van der Waals surface area (Å²) in [6.45, 7) is 3.98. The molecule has 0 radical (unpaired) electrons. The molecule has 0 aromatic heterocycles. The van der Waals surface area contributed by atoms with Gasteiger partial charge in [-0.3, -0.25) is 0 Å². The number of hydrogen-bond donors (Lipinski definition) is 0. The number of hydrogen-bond acceptors (Lipinski definition) is 4. The maximum atomic E-state index is 12.4. The maximum absolute atomic E-state index is 12.4. The van der Waals surface area contributed by atoms with E-state index in [1.165, 1.54) is 6.92 Å². The van der Waals surface area contributed by atoms with Crippen molar-refractivity contribution in [3.8, 4) is 0 Å². The van der Waals surface area contributed by atoms with Crippen molar-refractivity contribution >= 4 is 10.0 Å². The van der Waals surface area contributed by atoms with Gasteiger partial charge in [0.1, 0.15) is 0 Å². The molecule has 1 saturated heterocycles. The van der Waals surface area contributed by atoms with Crippen LogP contribution in [0.15, 0.2) is 0 Å². The van der Waals surface area contributed by atoms with Crippen molar-refractivity contribution in [2.24, 2.45) is 0 Å². The Morgan fingerprint density at radius 2 is 1.94 bits per heavy atom. The maximum Gasteiger partial charge on any atom is 0.511 e. The van der Waals surface area contributed by atoms with E-state index in [9.17, 15) is 21.6 Å². The second-order valence-electron chi connectivity index (χ2n) is 4.35. The summed E-state index contributed by atoms with van der Waals surface area (Å²) in [5.74, 6) is -0.897. The zero-order chi connectivity index (χ0) is 14.2. The molecule has 0 N–H and O–H groups in total. The van der Waals surface area contributed by atoms with E-state index in [4.69, 9.17) is 9.47 Å². The fourth-order valence-electron chi connectivity index (χ4n) is 1.62. The summed E-state index contributed by atoms with van der Waals surface area (Å²) in [4.78, 5) is 0. The second kappa shape index (κ2) is 4.95. The summed E-state index contributed by atoms with van der Waals surface area (Å²) in [7, 11) is -5.32. The quantitative estimate of drug-likeness (QED) is 0.783. The Labute approximate surface area is 104 Å². The zero-order valence-corrected chi connectivity index (χ0v) is 11.1. The predicted molar refractivity (Wildman–Crippen MR) is 57.1 cm³/mol. The van der Waals surface area contributed by atoms with Crippen LogP contribution in [-0.4, -0.2) is 49.8 Å². The molecule has 108 valence electrons. The molecule has 5 nitrogen and oxygen atoms in total. The lowest BCUT2D eigenvalue weighted by Crippen LogP contribution is -2.45. The molecule has 0 unspecified atom stereocenters. The summed E-state index contributed by atoms with van der Waals surface area (Å²) in [6, 6.07) is 0. The van der Waals surface area contributed by atoms with E-state index >= 15 is 0 Å². The van der Waals surface area contributed by atoms with E-state index < -0.39 is 27.4 Å². The van der Waals surface area contributed by atoms with Gasteiger partial charge in [-0.25, -0.2) is 8.42 Å². The van der Waals surface area contributed by atoms with E-state index in [1.807, 2.05) is 0 Å². The largest absolute Gasteiger partial charge is 0.511 e. The van der Waals surface area contributed by atoms with E-state index in [0.717, 1.165) is 0 Å². The Bertz CT molecular complexity index is 393. The Kier molecular flexibility index (Phi) is 4.31. The van der Waals surface area contributed by atoms with Crippen LogP contribution in [0.1, 0.15) is 20.8 Å². The van der Waals surface area contributed by atoms with Gasteiger partial charge >= 0.3 is 15.5 Å². The monoisotopic (exact) mass is 291 g/mol. The number of likely N-dealkylation sites (N-methyl/N-ethyl adjacent to an activating group) is 1. The molecule has 1 aliphatic heterocycles. The molecule has 18 heavy (non-hydrogen) atoms. The standard InChI is InChI=1S/C9H16F3NO4S/c1-4-13(18(14,15)9(10,11)12)5-7-6-16-8(2,3)17-7/h7H,4-6H2,1-3H3/t7-/m0/s1. The molecule has 0 aliphatic carbocycles. The van der Waals surface area contributed by atoms with E-state index in [0.29, 0.717) is 4.31 Å². The number of sulfonamides is 1. The molecule has 0 saturated carbocycles. The fourth-order valence-corrected chi connectivity index (χ4v) is 2.62. The van der Waals surface area contributed by atoms with Crippen LogP contribution >= 0.6 is 0 Å². The Balaban J connectivity index is 2.76. The van der Waals surface area contributed by atoms with Crippen LogP contribution in [0.4, 0.5) is 13.2 Å². The lowest BCUT2D eigenvalue weighted by Gasteiger charge is -2.24. The van der Waals surface area contributed by atoms with Crippen LogP contribution in [0, 0.1) is 0 Å². The smallest absolute Gasteiger partial charge is 0.348 e. The summed E-state index contributed by atoms with van der Waals surface area (Å²) in [5, 5.41) is 0. The average molecular weight is 291 g/mol. The average Bonchev–Trinajstić information content (AvgIpc) is 2.52. The summed E-state index contributed by atoms with van der Waals surface area (Å²) in [5.41, 5.74) is -5.29. The van der Waals surface area contributed by atoms with Crippen molar-refractivity contribution < 1.29 is 31.1 Å². The summed E-state index contributed by atoms with van der Waals surface area (Å²) < 4.78 is 70.5. The molecule has 1 heterocycles. The Hall–Kier alpha value is -0.380. The van der Waals surface area contributed by atoms with E-state index in [-0.39, 0.29) is 19.7 Å². The molecule has 0 aromatic rings. The van der Waals surface area contributed by atoms with E-state index in [1.54, 1.807) is 13.8 Å². The summed E-state index contributed by atoms with van der Waals surface area (Å²) in [6.07, 6.45) is -0.697. The van der Waals surface area contributed by atoms with Crippen LogP contribution < -0.4 is 0 Å². The third-order valence-corrected chi connectivity index (χ3v) is 4.13. The third kappa shape index (κ3) is 3.34. The first-order valence-corrected chi connectivity index (χ1v) is 6.82. The number of rotatable bonds is 4. The number of halogens is 3. The molecule has 0 bridgehead atoms. The Morgan fingerprint density at radius 1 is 1.39 bits per heavy atom. The van der Waals surface area contributed by atoms with Gasteiger partial charge in [0.2, 0.25) is 0 Å². The van der Waals surface area contributed by atoms with Gasteiger partial charge in [0.05, 0.1) is 12.7 Å². The van der Waals surface area contributed by atoms with Crippen LogP contribution in [0.2, 0.25) is 0 Å².